The minimum Gasteiger partial charge on any atom is -0.493 e. The van der Waals surface area contributed by atoms with Crippen molar-refractivity contribution in [1.29, 1.82) is 0 Å². The van der Waals surface area contributed by atoms with Gasteiger partial charge in [0.1, 0.15) is 5.75 Å². The molecule has 0 saturated carbocycles. The fourth-order valence-corrected chi connectivity index (χ4v) is 6.67. The van der Waals surface area contributed by atoms with Crippen LogP contribution in [0.3, 0.4) is 0 Å². The van der Waals surface area contributed by atoms with Gasteiger partial charge in [-0.2, -0.15) is 0 Å². The Balaban J connectivity index is 1.68. The van der Waals surface area contributed by atoms with Crippen molar-refractivity contribution in [2.24, 2.45) is 5.92 Å². The lowest BCUT2D eigenvalue weighted by Crippen LogP contribution is -2.43. The number of benzene rings is 2. The minimum atomic E-state index is -3.95. The molecule has 2 aliphatic heterocycles. The van der Waals surface area contributed by atoms with Crippen LogP contribution >= 0.6 is 0 Å². The number of ether oxygens (including phenoxy) is 2. The smallest absolute Gasteiger partial charge is 0.264 e. The molecule has 0 aliphatic carbocycles. The third-order valence-corrected chi connectivity index (χ3v) is 8.84. The number of rotatable bonds is 8. The van der Waals surface area contributed by atoms with Crippen LogP contribution < -0.4 is 9.04 Å². The summed E-state index contributed by atoms with van der Waals surface area (Å²) in [4.78, 5) is 24.4. The molecule has 4 rings (SSSR count). The van der Waals surface area contributed by atoms with E-state index in [-0.39, 0.29) is 28.1 Å². The average Bonchev–Trinajstić information content (AvgIpc) is 2.86. The zero-order chi connectivity index (χ0) is 25.2. The van der Waals surface area contributed by atoms with Crippen LogP contribution in [0.4, 0.5) is 5.69 Å². The molecule has 0 spiro atoms. The molecule has 0 bridgehead atoms. The first-order valence-electron chi connectivity index (χ1n) is 12.3. The van der Waals surface area contributed by atoms with Gasteiger partial charge >= 0.3 is 0 Å². The lowest BCUT2D eigenvalue weighted by molar-refractivity contribution is 0.0495. The summed E-state index contributed by atoms with van der Waals surface area (Å²) >= 11 is 0. The molecular weight excluding hydrogens is 466 g/mol. The second-order valence-corrected chi connectivity index (χ2v) is 11.2. The highest BCUT2D eigenvalue weighted by Crippen LogP contribution is 2.38. The summed E-state index contributed by atoms with van der Waals surface area (Å²) in [5.74, 6) is 0.450. The number of ketones is 2. The van der Waals surface area contributed by atoms with Gasteiger partial charge in [-0.05, 0) is 93.8 Å². The molecule has 1 saturated heterocycles. The molecule has 8 heteroatoms. The fraction of sp³-hybridized carbons (Fsp3) is 0.481. The second-order valence-electron chi connectivity index (χ2n) is 9.38. The standard InChI is InChI=1S/C27H33NO6S/c1-4-23-7-5-22-15-21(18(2)29)6-9-26(22)28(23)35(31,32)24-8-10-27(25(16-24)19(3)30)34-17-20-11-13-33-14-12-20/h6,8-10,15-16,20,23H,4-5,7,11-14,17H2,1-3H3. The van der Waals surface area contributed by atoms with E-state index >= 15 is 0 Å². The third-order valence-electron chi connectivity index (χ3n) is 6.98. The molecule has 2 aliphatic rings. The highest BCUT2D eigenvalue weighted by molar-refractivity contribution is 7.92. The number of anilines is 1. The van der Waals surface area contributed by atoms with Crippen LogP contribution in [0.2, 0.25) is 0 Å². The SMILES string of the molecule is CCC1CCc2cc(C(C)=O)ccc2N1S(=O)(=O)c1ccc(OCC2CCOCC2)c(C(C)=O)c1. The Morgan fingerprint density at radius 2 is 1.77 bits per heavy atom. The van der Waals surface area contributed by atoms with Gasteiger partial charge in [0.25, 0.3) is 10.0 Å². The number of sulfonamides is 1. The molecule has 188 valence electrons. The van der Waals surface area contributed by atoms with Gasteiger partial charge in [0.05, 0.1) is 22.8 Å². The number of carbonyl (C=O) groups is 2. The van der Waals surface area contributed by atoms with Crippen LogP contribution in [-0.2, 0) is 21.2 Å². The number of carbonyl (C=O) groups excluding carboxylic acids is 2. The number of Topliss-reactive ketones (excluding diaryl/α,β-unsaturated/α-hetero) is 2. The summed E-state index contributed by atoms with van der Waals surface area (Å²) in [6, 6.07) is 9.53. The van der Waals surface area contributed by atoms with Crippen LogP contribution in [-0.4, -0.2) is 45.8 Å². The highest BCUT2D eigenvalue weighted by Gasteiger charge is 2.36. The number of hydrogen-bond acceptors (Lipinski definition) is 6. The molecule has 0 aromatic heterocycles. The summed E-state index contributed by atoms with van der Waals surface area (Å²) < 4.78 is 40.7. The van der Waals surface area contributed by atoms with Crippen LogP contribution in [0, 0.1) is 5.92 Å². The number of nitrogens with zero attached hydrogens (tertiary/aromatic N) is 1. The lowest BCUT2D eigenvalue weighted by Gasteiger charge is -2.37. The number of aryl methyl sites for hydroxylation is 1. The van der Waals surface area contributed by atoms with Gasteiger partial charge in [-0.15, -0.1) is 0 Å². The van der Waals surface area contributed by atoms with Crippen molar-refractivity contribution in [3.63, 3.8) is 0 Å². The first kappa shape index (κ1) is 25.4. The van der Waals surface area contributed by atoms with E-state index in [4.69, 9.17) is 9.47 Å². The summed E-state index contributed by atoms with van der Waals surface area (Å²) in [6.07, 6.45) is 3.83. The Morgan fingerprint density at radius 3 is 2.43 bits per heavy atom. The third kappa shape index (κ3) is 5.28. The van der Waals surface area contributed by atoms with Crippen LogP contribution in [0.5, 0.6) is 5.75 Å². The van der Waals surface area contributed by atoms with E-state index in [1.165, 1.54) is 30.3 Å². The molecule has 2 aromatic rings. The van der Waals surface area contributed by atoms with Gasteiger partial charge in [0, 0.05) is 24.8 Å². The Morgan fingerprint density at radius 1 is 1.03 bits per heavy atom. The van der Waals surface area contributed by atoms with Crippen molar-refractivity contribution in [1.82, 2.24) is 0 Å². The lowest BCUT2D eigenvalue weighted by atomic mass is 9.94. The normalized spacial score (nSPS) is 18.7. The Bertz CT molecular complexity index is 1220. The largest absolute Gasteiger partial charge is 0.493 e. The molecule has 35 heavy (non-hydrogen) atoms. The van der Waals surface area contributed by atoms with E-state index in [1.807, 2.05) is 6.92 Å². The predicted molar refractivity (Wildman–Crippen MR) is 134 cm³/mol. The molecule has 2 aromatic carbocycles. The monoisotopic (exact) mass is 499 g/mol. The second kappa shape index (κ2) is 10.5. The zero-order valence-corrected chi connectivity index (χ0v) is 21.4. The molecule has 0 amide bonds. The van der Waals surface area contributed by atoms with E-state index in [2.05, 4.69) is 0 Å². The van der Waals surface area contributed by atoms with E-state index < -0.39 is 10.0 Å². The van der Waals surface area contributed by atoms with Gasteiger partial charge in [0.15, 0.2) is 11.6 Å². The van der Waals surface area contributed by atoms with E-state index in [1.54, 1.807) is 24.3 Å². The first-order chi connectivity index (χ1) is 16.7. The van der Waals surface area contributed by atoms with Crippen molar-refractivity contribution in [2.45, 2.75) is 63.8 Å². The van der Waals surface area contributed by atoms with Crippen molar-refractivity contribution >= 4 is 27.3 Å². The maximum absolute atomic E-state index is 13.9. The van der Waals surface area contributed by atoms with Gasteiger partial charge in [-0.25, -0.2) is 8.42 Å². The summed E-state index contributed by atoms with van der Waals surface area (Å²) in [5.41, 5.74) is 2.27. The molecule has 1 unspecified atom stereocenters. The summed E-state index contributed by atoms with van der Waals surface area (Å²) in [6.45, 7) is 6.76. The van der Waals surface area contributed by atoms with E-state index in [0.29, 0.717) is 62.0 Å². The molecule has 7 nitrogen and oxygen atoms in total. The van der Waals surface area contributed by atoms with Gasteiger partial charge in [0.2, 0.25) is 0 Å². The molecule has 1 fully saturated rings. The van der Waals surface area contributed by atoms with Crippen LogP contribution in [0.15, 0.2) is 41.3 Å². The molecule has 0 radical (unpaired) electrons. The van der Waals surface area contributed by atoms with Gasteiger partial charge < -0.3 is 9.47 Å². The molecular formula is C27H33NO6S. The van der Waals surface area contributed by atoms with Gasteiger partial charge in [-0.1, -0.05) is 6.92 Å². The predicted octanol–water partition coefficient (Wildman–Crippen LogP) is 4.82. The quantitative estimate of drug-likeness (QED) is 0.484. The van der Waals surface area contributed by atoms with E-state index in [9.17, 15) is 18.0 Å². The Labute approximate surface area is 207 Å². The number of hydrogen-bond donors (Lipinski definition) is 0. The van der Waals surface area contributed by atoms with Crippen molar-refractivity contribution < 1.29 is 27.5 Å². The van der Waals surface area contributed by atoms with Gasteiger partial charge in [-0.3, -0.25) is 13.9 Å². The van der Waals surface area contributed by atoms with Crippen LogP contribution in [0.1, 0.15) is 72.7 Å². The van der Waals surface area contributed by atoms with Crippen molar-refractivity contribution in [2.75, 3.05) is 24.1 Å². The highest BCUT2D eigenvalue weighted by atomic mass is 32.2. The fourth-order valence-electron chi connectivity index (χ4n) is 4.86. The average molecular weight is 500 g/mol. The minimum absolute atomic E-state index is 0.0535. The molecule has 2 heterocycles. The van der Waals surface area contributed by atoms with Crippen molar-refractivity contribution in [3.05, 3.63) is 53.1 Å². The maximum atomic E-state index is 13.9. The Kier molecular flexibility index (Phi) is 7.62. The maximum Gasteiger partial charge on any atom is 0.264 e. The first-order valence-corrected chi connectivity index (χ1v) is 13.7. The summed E-state index contributed by atoms with van der Waals surface area (Å²) in [7, 11) is -3.95. The molecule has 0 N–H and O–H groups in total. The molecule has 1 atom stereocenters. The number of fused-ring (bicyclic) bond motifs is 1. The Hall–Kier alpha value is -2.71. The topological polar surface area (TPSA) is 90.0 Å². The van der Waals surface area contributed by atoms with Crippen LogP contribution in [0.25, 0.3) is 0 Å². The summed E-state index contributed by atoms with van der Waals surface area (Å²) in [5, 5.41) is 0. The zero-order valence-electron chi connectivity index (χ0n) is 20.6. The van der Waals surface area contributed by atoms with E-state index in [0.717, 1.165) is 18.4 Å². The van der Waals surface area contributed by atoms with Crippen molar-refractivity contribution in [3.8, 4) is 5.75 Å².